The highest BCUT2D eigenvalue weighted by Crippen LogP contribution is 2.28. The average Bonchev–Trinajstić information content (AvgIpc) is 3.12. The van der Waals surface area contributed by atoms with Gasteiger partial charge in [0.25, 0.3) is 0 Å². The molecule has 1 atom stereocenters. The molecule has 0 aliphatic carbocycles. The Kier molecular flexibility index (Phi) is 3.73. The first-order valence-corrected chi connectivity index (χ1v) is 7.28. The molecule has 3 rings (SSSR count). The fraction of sp³-hybridized carbons (Fsp3) is 0.571. The van der Waals surface area contributed by atoms with E-state index < -0.39 is 0 Å². The molecule has 3 heterocycles. The number of aromatic nitrogens is 3. The summed E-state index contributed by atoms with van der Waals surface area (Å²) in [5, 5.41) is 12.8. The van der Waals surface area contributed by atoms with Gasteiger partial charge in [-0.25, -0.2) is 9.97 Å². The smallest absolute Gasteiger partial charge is 0.180 e. The van der Waals surface area contributed by atoms with E-state index in [4.69, 9.17) is 4.98 Å². The molecule has 2 aromatic rings. The first kappa shape index (κ1) is 13.2. The minimum atomic E-state index is 0.157. The number of rotatable bonds is 5. The molecule has 1 unspecified atom stereocenters. The molecule has 6 heteroatoms. The standard InChI is InChI=1S/C14H21N5O/c1-2-5-15-12-9-18-8-6-16-13(18)14(17-12)19-7-3-4-11(19)10-20/h6,8-9,11,15,20H,2-5,7,10H2,1H3. The fourth-order valence-electron chi connectivity index (χ4n) is 2.75. The summed E-state index contributed by atoms with van der Waals surface area (Å²) >= 11 is 0. The van der Waals surface area contributed by atoms with E-state index in [2.05, 4.69) is 22.1 Å². The number of fused-ring (bicyclic) bond motifs is 1. The van der Waals surface area contributed by atoms with Gasteiger partial charge >= 0.3 is 0 Å². The molecular formula is C14H21N5O. The van der Waals surface area contributed by atoms with E-state index in [-0.39, 0.29) is 12.6 Å². The van der Waals surface area contributed by atoms with Crippen molar-refractivity contribution < 1.29 is 5.11 Å². The molecule has 0 amide bonds. The Morgan fingerprint density at radius 1 is 1.50 bits per heavy atom. The summed E-state index contributed by atoms with van der Waals surface area (Å²) in [5.41, 5.74) is 0.854. The van der Waals surface area contributed by atoms with Crippen molar-refractivity contribution in [3.63, 3.8) is 0 Å². The summed E-state index contributed by atoms with van der Waals surface area (Å²) in [7, 11) is 0. The highest BCUT2D eigenvalue weighted by Gasteiger charge is 2.27. The van der Waals surface area contributed by atoms with Crippen LogP contribution in [-0.4, -0.2) is 45.2 Å². The zero-order valence-electron chi connectivity index (χ0n) is 11.8. The van der Waals surface area contributed by atoms with Crippen molar-refractivity contribution >= 4 is 17.3 Å². The van der Waals surface area contributed by atoms with E-state index in [0.717, 1.165) is 49.6 Å². The second-order valence-corrected chi connectivity index (χ2v) is 5.21. The molecule has 1 aliphatic heterocycles. The summed E-state index contributed by atoms with van der Waals surface area (Å²) in [4.78, 5) is 11.3. The molecule has 20 heavy (non-hydrogen) atoms. The van der Waals surface area contributed by atoms with Crippen LogP contribution in [0, 0.1) is 0 Å². The molecule has 2 N–H and O–H groups in total. The minimum Gasteiger partial charge on any atom is -0.394 e. The highest BCUT2D eigenvalue weighted by atomic mass is 16.3. The molecule has 0 spiro atoms. The number of hydrogen-bond donors (Lipinski definition) is 2. The number of hydrogen-bond acceptors (Lipinski definition) is 5. The number of imidazole rings is 1. The molecule has 6 nitrogen and oxygen atoms in total. The van der Waals surface area contributed by atoms with Crippen molar-refractivity contribution in [3.05, 3.63) is 18.6 Å². The molecule has 1 aliphatic rings. The number of nitrogens with one attached hydrogen (secondary N) is 1. The average molecular weight is 275 g/mol. The lowest BCUT2D eigenvalue weighted by Crippen LogP contribution is -2.33. The van der Waals surface area contributed by atoms with Crippen molar-refractivity contribution in [2.75, 3.05) is 29.9 Å². The van der Waals surface area contributed by atoms with Gasteiger partial charge in [0.2, 0.25) is 0 Å². The number of aliphatic hydroxyl groups excluding tert-OH is 1. The first-order valence-electron chi connectivity index (χ1n) is 7.28. The van der Waals surface area contributed by atoms with Crippen molar-refractivity contribution in [1.29, 1.82) is 0 Å². The predicted octanol–water partition coefficient (Wildman–Crippen LogP) is 1.51. The van der Waals surface area contributed by atoms with E-state index >= 15 is 0 Å². The number of anilines is 2. The molecule has 0 radical (unpaired) electrons. The van der Waals surface area contributed by atoms with Crippen molar-refractivity contribution in [1.82, 2.24) is 14.4 Å². The molecule has 108 valence electrons. The van der Waals surface area contributed by atoms with Crippen molar-refractivity contribution in [3.8, 4) is 0 Å². The summed E-state index contributed by atoms with van der Waals surface area (Å²) in [6, 6.07) is 0.157. The van der Waals surface area contributed by atoms with Crippen molar-refractivity contribution in [2.45, 2.75) is 32.2 Å². The molecule has 0 aromatic carbocycles. The van der Waals surface area contributed by atoms with E-state index in [0.29, 0.717) is 0 Å². The molecule has 2 aromatic heterocycles. The SMILES string of the molecule is CCCNc1cn2ccnc2c(N2CCCC2CO)n1. The molecule has 0 bridgehead atoms. The lowest BCUT2D eigenvalue weighted by atomic mass is 10.2. The van der Waals surface area contributed by atoms with Crippen LogP contribution in [0.15, 0.2) is 18.6 Å². The third-order valence-corrected chi connectivity index (χ3v) is 3.77. The van der Waals surface area contributed by atoms with E-state index in [1.807, 2.05) is 16.8 Å². The molecule has 1 saturated heterocycles. The lowest BCUT2D eigenvalue weighted by molar-refractivity contribution is 0.266. The highest BCUT2D eigenvalue weighted by molar-refractivity contribution is 5.67. The van der Waals surface area contributed by atoms with Gasteiger partial charge in [-0.3, -0.25) is 0 Å². The monoisotopic (exact) mass is 275 g/mol. The van der Waals surface area contributed by atoms with Crippen LogP contribution in [0.2, 0.25) is 0 Å². The topological polar surface area (TPSA) is 65.7 Å². The Balaban J connectivity index is 2.01. The van der Waals surface area contributed by atoms with Crippen LogP contribution >= 0.6 is 0 Å². The summed E-state index contributed by atoms with van der Waals surface area (Å²) < 4.78 is 1.99. The van der Waals surface area contributed by atoms with Crippen molar-refractivity contribution in [2.24, 2.45) is 0 Å². The second-order valence-electron chi connectivity index (χ2n) is 5.21. The Labute approximate surface area is 118 Å². The van der Waals surface area contributed by atoms with Crippen LogP contribution in [0.5, 0.6) is 0 Å². The third kappa shape index (κ3) is 2.31. The zero-order valence-corrected chi connectivity index (χ0v) is 11.8. The van der Waals surface area contributed by atoms with Crippen LogP contribution in [-0.2, 0) is 0 Å². The van der Waals surface area contributed by atoms with Crippen LogP contribution < -0.4 is 10.2 Å². The summed E-state index contributed by atoms with van der Waals surface area (Å²) in [5.74, 6) is 1.73. The maximum atomic E-state index is 9.52. The predicted molar refractivity (Wildman–Crippen MR) is 79.2 cm³/mol. The van der Waals surface area contributed by atoms with Gasteiger partial charge in [0, 0.05) is 25.5 Å². The molecular weight excluding hydrogens is 254 g/mol. The normalized spacial score (nSPS) is 18.9. The maximum Gasteiger partial charge on any atom is 0.180 e. The van der Waals surface area contributed by atoms with Crippen LogP contribution in [0.1, 0.15) is 26.2 Å². The minimum absolute atomic E-state index is 0.157. The number of nitrogens with zero attached hydrogens (tertiary/aromatic N) is 4. The lowest BCUT2D eigenvalue weighted by Gasteiger charge is -2.25. The van der Waals surface area contributed by atoms with Crippen LogP contribution in [0.25, 0.3) is 5.65 Å². The van der Waals surface area contributed by atoms with Gasteiger partial charge in [-0.1, -0.05) is 6.92 Å². The van der Waals surface area contributed by atoms with Crippen LogP contribution in [0.4, 0.5) is 11.6 Å². The zero-order chi connectivity index (χ0) is 13.9. The van der Waals surface area contributed by atoms with Gasteiger partial charge in [-0.05, 0) is 19.3 Å². The quantitative estimate of drug-likeness (QED) is 0.866. The fourth-order valence-corrected chi connectivity index (χ4v) is 2.75. The van der Waals surface area contributed by atoms with Gasteiger partial charge in [0.15, 0.2) is 11.5 Å². The van der Waals surface area contributed by atoms with E-state index in [1.54, 1.807) is 6.20 Å². The van der Waals surface area contributed by atoms with Gasteiger partial charge in [0.05, 0.1) is 18.8 Å². The first-order chi connectivity index (χ1) is 9.83. The Bertz CT molecular complexity index is 582. The Hall–Kier alpha value is -1.82. The number of aliphatic hydroxyl groups is 1. The van der Waals surface area contributed by atoms with E-state index in [1.165, 1.54) is 0 Å². The summed E-state index contributed by atoms with van der Waals surface area (Å²) in [6.07, 6.45) is 8.84. The van der Waals surface area contributed by atoms with Crippen LogP contribution in [0.3, 0.4) is 0 Å². The Morgan fingerprint density at radius 2 is 2.40 bits per heavy atom. The van der Waals surface area contributed by atoms with Gasteiger partial charge in [-0.15, -0.1) is 0 Å². The maximum absolute atomic E-state index is 9.52. The molecule has 1 fully saturated rings. The van der Waals surface area contributed by atoms with Gasteiger partial charge in [-0.2, -0.15) is 0 Å². The third-order valence-electron chi connectivity index (χ3n) is 3.77. The Morgan fingerprint density at radius 3 is 3.20 bits per heavy atom. The van der Waals surface area contributed by atoms with E-state index in [9.17, 15) is 5.11 Å². The van der Waals surface area contributed by atoms with Gasteiger partial charge < -0.3 is 19.7 Å². The second kappa shape index (κ2) is 5.66. The summed E-state index contributed by atoms with van der Waals surface area (Å²) in [6.45, 7) is 4.13. The van der Waals surface area contributed by atoms with Gasteiger partial charge in [0.1, 0.15) is 5.82 Å². The largest absolute Gasteiger partial charge is 0.394 e. The molecule has 0 saturated carbocycles.